The fourth-order valence-electron chi connectivity index (χ4n) is 0.750. The van der Waals surface area contributed by atoms with Crippen molar-refractivity contribution in [3.8, 4) is 0 Å². The highest BCUT2D eigenvalue weighted by Gasteiger charge is 2.88. The van der Waals surface area contributed by atoms with Crippen LogP contribution >= 0.6 is 45.2 Å². The van der Waals surface area contributed by atoms with Crippen molar-refractivity contribution in [2.24, 2.45) is 0 Å². The molecule has 0 rings (SSSR count). The fourth-order valence-corrected chi connectivity index (χ4v) is 1.73. The van der Waals surface area contributed by atoms with Crippen molar-refractivity contribution in [3.05, 3.63) is 0 Å². The second-order valence-electron chi connectivity index (χ2n) is 3.29. The topological polar surface area (TPSA) is 0 Å². The number of hydrogen-bond acceptors (Lipinski definition) is 0. The molecule has 0 saturated carbocycles. The Morgan fingerprint density at radius 2 is 0.750 bits per heavy atom. The van der Waals surface area contributed by atoms with Crippen LogP contribution in [0.4, 0.5) is 52.7 Å². The minimum absolute atomic E-state index is 0.626. The molecule has 0 N–H and O–H groups in total. The minimum Gasteiger partial charge on any atom is -0.218 e. The van der Waals surface area contributed by atoms with E-state index in [1.54, 1.807) is 0 Å². The zero-order valence-corrected chi connectivity index (χ0v) is 12.6. The SMILES string of the molecule is FC(F)(F)C(F)(F)C(F)(I)C(F)(F)C(F)(F)C(F)(F)I. The molecule has 0 spiro atoms. The summed E-state index contributed by atoms with van der Waals surface area (Å²) < 4.78 is 137. The molecule has 0 saturated heterocycles. The third-order valence-corrected chi connectivity index (χ3v) is 3.93. The lowest BCUT2D eigenvalue weighted by molar-refractivity contribution is -0.369. The maximum atomic E-state index is 13.1. The van der Waals surface area contributed by atoms with Gasteiger partial charge in [-0.2, -0.15) is 48.3 Å². The maximum absolute atomic E-state index is 13.1. The minimum atomic E-state index is -7.02. The Labute approximate surface area is 129 Å². The van der Waals surface area contributed by atoms with Crippen LogP contribution in [0.3, 0.4) is 0 Å². The van der Waals surface area contributed by atoms with Crippen molar-refractivity contribution in [3.63, 3.8) is 0 Å². The highest BCUT2D eigenvalue weighted by atomic mass is 127. The van der Waals surface area contributed by atoms with Gasteiger partial charge in [0.25, 0.3) is 0 Å². The molecule has 0 amide bonds. The Balaban J connectivity index is 6.08. The summed E-state index contributed by atoms with van der Waals surface area (Å²) in [5.41, 5.74) is 0. The lowest BCUT2D eigenvalue weighted by Crippen LogP contribution is -2.68. The summed E-state index contributed by atoms with van der Waals surface area (Å²) in [6.45, 7) is 0. The first-order valence-corrected chi connectivity index (χ1v) is 6.05. The van der Waals surface area contributed by atoms with Gasteiger partial charge in [0.1, 0.15) is 0 Å². The van der Waals surface area contributed by atoms with Crippen LogP contribution in [0.2, 0.25) is 0 Å². The van der Waals surface area contributed by atoms with Crippen molar-refractivity contribution in [2.75, 3.05) is 0 Å². The van der Waals surface area contributed by atoms with E-state index in [1.807, 2.05) is 0 Å². The van der Waals surface area contributed by atoms with E-state index in [1.165, 1.54) is 0 Å². The molecule has 0 aliphatic heterocycles. The lowest BCUT2D eigenvalue weighted by Gasteiger charge is -2.39. The summed E-state index contributed by atoms with van der Waals surface area (Å²) in [4.78, 5) is 0. The third-order valence-electron chi connectivity index (χ3n) is 1.90. The molecule has 1 atom stereocenters. The Hall–Kier alpha value is 0.620. The highest BCUT2D eigenvalue weighted by Crippen LogP contribution is 2.63. The van der Waals surface area contributed by atoms with Gasteiger partial charge in [0.2, 0.25) is 0 Å². The summed E-state index contributed by atoms with van der Waals surface area (Å²) in [5.74, 6) is -20.8. The zero-order chi connectivity index (χ0) is 17.0. The zero-order valence-electron chi connectivity index (χ0n) is 8.29. The van der Waals surface area contributed by atoms with Gasteiger partial charge in [-0.1, -0.05) is 0 Å². The van der Waals surface area contributed by atoms with Crippen LogP contribution in [0, 0.1) is 0 Å². The van der Waals surface area contributed by atoms with Crippen LogP contribution in [0.25, 0.3) is 0 Å². The van der Waals surface area contributed by atoms with Gasteiger partial charge in [-0.05, 0) is 22.6 Å². The van der Waals surface area contributed by atoms with Gasteiger partial charge in [-0.3, -0.25) is 0 Å². The molecule has 0 aliphatic carbocycles. The summed E-state index contributed by atoms with van der Waals surface area (Å²) in [5, 5.41) is 0. The summed E-state index contributed by atoms with van der Waals surface area (Å²) in [6.07, 6.45) is -7.00. The van der Waals surface area contributed by atoms with Gasteiger partial charge in [-0.15, -0.1) is 0 Å². The maximum Gasteiger partial charge on any atom is 0.457 e. The molecule has 14 heteroatoms. The van der Waals surface area contributed by atoms with Crippen LogP contribution in [-0.2, 0) is 0 Å². The average molecular weight is 554 g/mol. The molecule has 0 nitrogen and oxygen atoms in total. The summed E-state index contributed by atoms with van der Waals surface area (Å²) in [6, 6.07) is 0. The predicted octanol–water partition coefficient (Wildman–Crippen LogP) is 5.58. The molecule has 0 aromatic rings. The van der Waals surface area contributed by atoms with Crippen LogP contribution in [0.15, 0.2) is 0 Å². The van der Waals surface area contributed by atoms with E-state index in [9.17, 15) is 52.7 Å². The van der Waals surface area contributed by atoms with Gasteiger partial charge in [0.15, 0.2) is 0 Å². The van der Waals surface area contributed by atoms with E-state index in [-0.39, 0.29) is 0 Å². The molecule has 0 bridgehead atoms. The Morgan fingerprint density at radius 3 is 0.950 bits per heavy atom. The van der Waals surface area contributed by atoms with E-state index in [0.29, 0.717) is 0 Å². The number of alkyl halides is 14. The van der Waals surface area contributed by atoms with Crippen molar-refractivity contribution in [2.45, 2.75) is 31.5 Å². The van der Waals surface area contributed by atoms with E-state index < -0.39 is 76.7 Å². The second kappa shape index (κ2) is 5.07. The van der Waals surface area contributed by atoms with Crippen molar-refractivity contribution < 1.29 is 52.7 Å². The molecule has 0 aromatic heterocycles. The third kappa shape index (κ3) is 2.78. The normalized spacial score (nSPS) is 18.9. The van der Waals surface area contributed by atoms with Crippen molar-refractivity contribution in [1.82, 2.24) is 0 Å². The second-order valence-corrected chi connectivity index (χ2v) is 6.13. The Bertz CT molecular complexity index is 327. The lowest BCUT2D eigenvalue weighted by atomic mass is 10.0. The number of rotatable bonds is 4. The average Bonchev–Trinajstić information content (AvgIpc) is 2.12. The molecular weight excluding hydrogens is 554 g/mol. The molecule has 20 heavy (non-hydrogen) atoms. The molecule has 0 aromatic carbocycles. The molecular formula is C6F12I2. The number of halogens is 14. The van der Waals surface area contributed by atoms with E-state index in [2.05, 4.69) is 0 Å². The quantitative estimate of drug-likeness (QED) is 0.242. The standard InChI is InChI=1S/C6F12I2/c7-1(8,2(9,10)6(17,18)20)4(13,19)3(11,12)5(14,15)16. The monoisotopic (exact) mass is 554 g/mol. The molecule has 1 unspecified atom stereocenters. The van der Waals surface area contributed by atoms with Crippen LogP contribution in [0.1, 0.15) is 0 Å². The molecule has 0 radical (unpaired) electrons. The molecule has 0 fully saturated rings. The van der Waals surface area contributed by atoms with Gasteiger partial charge < -0.3 is 0 Å². The Morgan fingerprint density at radius 1 is 0.450 bits per heavy atom. The van der Waals surface area contributed by atoms with E-state index >= 15 is 0 Å². The first kappa shape index (κ1) is 20.6. The van der Waals surface area contributed by atoms with Gasteiger partial charge in [-0.25, -0.2) is 4.39 Å². The van der Waals surface area contributed by atoms with Gasteiger partial charge in [0, 0.05) is 22.6 Å². The largest absolute Gasteiger partial charge is 0.457 e. The molecule has 0 aliphatic rings. The van der Waals surface area contributed by atoms with E-state index in [0.717, 1.165) is 0 Å². The fraction of sp³-hybridized carbons (Fsp3) is 1.00. The van der Waals surface area contributed by atoms with Gasteiger partial charge >= 0.3 is 31.5 Å². The van der Waals surface area contributed by atoms with Crippen LogP contribution in [0.5, 0.6) is 0 Å². The predicted molar refractivity (Wildman–Crippen MR) is 57.7 cm³/mol. The van der Waals surface area contributed by atoms with E-state index in [4.69, 9.17) is 0 Å². The number of hydrogen-bond donors (Lipinski definition) is 0. The van der Waals surface area contributed by atoms with Gasteiger partial charge in [0.05, 0.1) is 0 Å². The summed E-state index contributed by atoms with van der Waals surface area (Å²) >= 11 is -1.58. The summed E-state index contributed by atoms with van der Waals surface area (Å²) in [7, 11) is 0. The smallest absolute Gasteiger partial charge is 0.218 e. The molecule has 122 valence electrons. The van der Waals surface area contributed by atoms with Crippen molar-refractivity contribution in [1.29, 1.82) is 0 Å². The Kier molecular flexibility index (Phi) is 5.23. The first-order chi connectivity index (χ1) is 8.25. The van der Waals surface area contributed by atoms with Crippen LogP contribution < -0.4 is 0 Å². The molecule has 0 heterocycles. The highest BCUT2D eigenvalue weighted by molar-refractivity contribution is 14.1. The van der Waals surface area contributed by atoms with Crippen molar-refractivity contribution >= 4 is 45.2 Å². The van der Waals surface area contributed by atoms with Crippen LogP contribution in [-0.4, -0.2) is 31.5 Å². The first-order valence-electron chi connectivity index (χ1n) is 3.90.